The minimum atomic E-state index is -0.305. The molecule has 4 N–H and O–H groups in total. The van der Waals surface area contributed by atoms with Crippen molar-refractivity contribution < 1.29 is 9.90 Å². The largest absolute Gasteiger partial charge is 0.394 e. The van der Waals surface area contributed by atoms with E-state index >= 15 is 0 Å². The lowest BCUT2D eigenvalue weighted by Crippen LogP contribution is -2.52. The summed E-state index contributed by atoms with van der Waals surface area (Å²) in [6.45, 7) is 4.03. The highest BCUT2D eigenvalue weighted by Gasteiger charge is 2.41. The number of hydrogen-bond donors (Lipinski definition) is 3. The summed E-state index contributed by atoms with van der Waals surface area (Å²) in [5, 5.41) is 12.6. The van der Waals surface area contributed by atoms with Crippen molar-refractivity contribution in [2.45, 2.75) is 44.7 Å². The van der Waals surface area contributed by atoms with Crippen molar-refractivity contribution in [3.63, 3.8) is 0 Å². The Labute approximate surface area is 84.9 Å². The van der Waals surface area contributed by atoms with Crippen molar-refractivity contribution in [3.05, 3.63) is 0 Å². The van der Waals surface area contributed by atoms with Crippen LogP contribution in [0.5, 0.6) is 0 Å². The summed E-state index contributed by atoms with van der Waals surface area (Å²) in [5.41, 5.74) is 4.86. The normalized spacial score (nSPS) is 22.8. The van der Waals surface area contributed by atoms with E-state index in [1.54, 1.807) is 0 Å². The Balaban J connectivity index is 2.42. The first-order chi connectivity index (χ1) is 6.48. The van der Waals surface area contributed by atoms with E-state index in [1.807, 2.05) is 13.8 Å². The number of aliphatic hydroxyl groups excluding tert-OH is 1. The van der Waals surface area contributed by atoms with E-state index in [4.69, 9.17) is 5.73 Å². The maximum Gasteiger partial charge on any atom is 0.218 e. The first kappa shape index (κ1) is 11.5. The standard InChI is InChI=1S/C10H20N2O2/c1-7(5-9(11)14)12-10(2,6-13)8-3-4-8/h7-8,12-13H,3-6H2,1-2H3,(H2,11,14). The molecule has 1 aliphatic carbocycles. The molecule has 0 aromatic carbocycles. The summed E-state index contributed by atoms with van der Waals surface area (Å²) < 4.78 is 0. The molecule has 0 saturated heterocycles. The number of nitrogens with one attached hydrogen (secondary N) is 1. The third kappa shape index (κ3) is 2.96. The maximum atomic E-state index is 10.7. The van der Waals surface area contributed by atoms with Crippen LogP contribution in [0.3, 0.4) is 0 Å². The zero-order chi connectivity index (χ0) is 10.8. The Kier molecular flexibility index (Phi) is 3.50. The smallest absolute Gasteiger partial charge is 0.218 e. The van der Waals surface area contributed by atoms with Crippen LogP contribution in [-0.4, -0.2) is 29.2 Å². The molecule has 2 unspecified atom stereocenters. The molecule has 0 bridgehead atoms. The molecular weight excluding hydrogens is 180 g/mol. The first-order valence-corrected chi connectivity index (χ1v) is 5.15. The fraction of sp³-hybridized carbons (Fsp3) is 0.900. The highest BCUT2D eigenvalue weighted by Crippen LogP contribution is 2.39. The second kappa shape index (κ2) is 4.28. The molecule has 1 saturated carbocycles. The third-order valence-corrected chi connectivity index (χ3v) is 2.89. The van der Waals surface area contributed by atoms with E-state index in [-0.39, 0.29) is 24.1 Å². The summed E-state index contributed by atoms with van der Waals surface area (Å²) in [6.07, 6.45) is 2.64. The summed E-state index contributed by atoms with van der Waals surface area (Å²) in [6, 6.07) is 0.0326. The molecule has 0 aromatic rings. The fourth-order valence-corrected chi connectivity index (χ4v) is 1.93. The predicted octanol–water partition coefficient (Wildman–Crippen LogP) is 0.000900. The van der Waals surface area contributed by atoms with Crippen LogP contribution in [0, 0.1) is 5.92 Å². The van der Waals surface area contributed by atoms with Gasteiger partial charge in [0.15, 0.2) is 0 Å². The van der Waals surface area contributed by atoms with Crippen molar-refractivity contribution in [2.75, 3.05) is 6.61 Å². The van der Waals surface area contributed by atoms with E-state index in [9.17, 15) is 9.90 Å². The van der Waals surface area contributed by atoms with Gasteiger partial charge in [-0.1, -0.05) is 0 Å². The minimum Gasteiger partial charge on any atom is -0.394 e. The van der Waals surface area contributed by atoms with Crippen molar-refractivity contribution in [1.29, 1.82) is 0 Å². The Morgan fingerprint density at radius 1 is 1.71 bits per heavy atom. The lowest BCUT2D eigenvalue weighted by molar-refractivity contribution is -0.118. The van der Waals surface area contributed by atoms with Gasteiger partial charge in [-0.3, -0.25) is 4.79 Å². The van der Waals surface area contributed by atoms with Crippen LogP contribution in [-0.2, 0) is 4.79 Å². The molecule has 0 spiro atoms. The van der Waals surface area contributed by atoms with Crippen LogP contribution in [0.15, 0.2) is 0 Å². The molecule has 0 aliphatic heterocycles. The fourth-order valence-electron chi connectivity index (χ4n) is 1.93. The van der Waals surface area contributed by atoms with Crippen LogP contribution in [0.1, 0.15) is 33.1 Å². The average molecular weight is 200 g/mol. The predicted molar refractivity (Wildman–Crippen MR) is 54.6 cm³/mol. The van der Waals surface area contributed by atoms with E-state index in [0.717, 1.165) is 12.8 Å². The molecule has 2 atom stereocenters. The summed E-state index contributed by atoms with van der Waals surface area (Å²) in [4.78, 5) is 10.7. The average Bonchev–Trinajstić information content (AvgIpc) is 2.84. The molecule has 14 heavy (non-hydrogen) atoms. The van der Waals surface area contributed by atoms with Gasteiger partial charge in [0, 0.05) is 18.0 Å². The van der Waals surface area contributed by atoms with Gasteiger partial charge in [0.1, 0.15) is 0 Å². The number of amides is 1. The molecule has 4 heteroatoms. The quantitative estimate of drug-likeness (QED) is 0.565. The molecular formula is C10H20N2O2. The number of carbonyl (C=O) groups excluding carboxylic acids is 1. The zero-order valence-electron chi connectivity index (χ0n) is 8.92. The molecule has 0 heterocycles. The van der Waals surface area contributed by atoms with Gasteiger partial charge in [0.05, 0.1) is 6.61 Å². The molecule has 1 amide bonds. The second-order valence-electron chi connectivity index (χ2n) is 4.57. The molecule has 0 aromatic heterocycles. The number of nitrogens with two attached hydrogens (primary N) is 1. The van der Waals surface area contributed by atoms with E-state index in [1.165, 1.54) is 0 Å². The van der Waals surface area contributed by atoms with Gasteiger partial charge >= 0.3 is 0 Å². The summed E-state index contributed by atoms with van der Waals surface area (Å²) in [5.74, 6) is 0.240. The van der Waals surface area contributed by atoms with Crippen LogP contribution >= 0.6 is 0 Å². The SMILES string of the molecule is CC(CC(N)=O)NC(C)(CO)C1CC1. The maximum absolute atomic E-state index is 10.7. The topological polar surface area (TPSA) is 75.4 Å². The van der Waals surface area contributed by atoms with Gasteiger partial charge in [0.25, 0.3) is 0 Å². The number of carbonyl (C=O) groups is 1. The van der Waals surface area contributed by atoms with E-state index < -0.39 is 0 Å². The van der Waals surface area contributed by atoms with Crippen LogP contribution < -0.4 is 11.1 Å². The minimum absolute atomic E-state index is 0.0326. The van der Waals surface area contributed by atoms with Gasteiger partial charge in [0.2, 0.25) is 5.91 Å². The van der Waals surface area contributed by atoms with Gasteiger partial charge in [-0.2, -0.15) is 0 Å². The lowest BCUT2D eigenvalue weighted by atomic mass is 9.95. The van der Waals surface area contributed by atoms with Crippen LogP contribution in [0.4, 0.5) is 0 Å². The van der Waals surface area contributed by atoms with Gasteiger partial charge < -0.3 is 16.2 Å². The molecule has 1 aliphatic rings. The number of aliphatic hydroxyl groups is 1. The van der Waals surface area contributed by atoms with Gasteiger partial charge in [-0.15, -0.1) is 0 Å². The first-order valence-electron chi connectivity index (χ1n) is 5.15. The second-order valence-corrected chi connectivity index (χ2v) is 4.57. The zero-order valence-corrected chi connectivity index (χ0v) is 8.92. The van der Waals surface area contributed by atoms with E-state index in [0.29, 0.717) is 12.3 Å². The number of primary amides is 1. The molecule has 1 rings (SSSR count). The van der Waals surface area contributed by atoms with Crippen molar-refractivity contribution in [2.24, 2.45) is 11.7 Å². The number of rotatable bonds is 6. The van der Waals surface area contributed by atoms with Crippen molar-refractivity contribution >= 4 is 5.91 Å². The van der Waals surface area contributed by atoms with E-state index in [2.05, 4.69) is 5.32 Å². The van der Waals surface area contributed by atoms with Gasteiger partial charge in [-0.05, 0) is 32.6 Å². The monoisotopic (exact) mass is 200 g/mol. The van der Waals surface area contributed by atoms with Gasteiger partial charge in [-0.25, -0.2) is 0 Å². The van der Waals surface area contributed by atoms with Crippen LogP contribution in [0.2, 0.25) is 0 Å². The molecule has 82 valence electrons. The van der Waals surface area contributed by atoms with Crippen molar-refractivity contribution in [1.82, 2.24) is 5.32 Å². The Morgan fingerprint density at radius 3 is 2.64 bits per heavy atom. The summed E-state index contributed by atoms with van der Waals surface area (Å²) >= 11 is 0. The van der Waals surface area contributed by atoms with Crippen molar-refractivity contribution in [3.8, 4) is 0 Å². The third-order valence-electron chi connectivity index (χ3n) is 2.89. The highest BCUT2D eigenvalue weighted by molar-refractivity contribution is 5.74. The van der Waals surface area contributed by atoms with Crippen LogP contribution in [0.25, 0.3) is 0 Å². The highest BCUT2D eigenvalue weighted by atomic mass is 16.3. The molecule has 4 nitrogen and oxygen atoms in total. The summed E-state index contributed by atoms with van der Waals surface area (Å²) in [7, 11) is 0. The Bertz CT molecular complexity index is 216. The molecule has 0 radical (unpaired) electrons. The Hall–Kier alpha value is -0.610. The Morgan fingerprint density at radius 2 is 2.29 bits per heavy atom. The number of hydrogen-bond acceptors (Lipinski definition) is 3. The lowest BCUT2D eigenvalue weighted by Gasteiger charge is -2.32. The molecule has 1 fully saturated rings.